The van der Waals surface area contributed by atoms with Gasteiger partial charge < -0.3 is 111 Å². The van der Waals surface area contributed by atoms with Gasteiger partial charge in [0, 0.05) is 11.1 Å². The highest BCUT2D eigenvalue weighted by atomic mass is 16.4. The van der Waals surface area contributed by atoms with E-state index in [2.05, 4.69) is 0 Å². The Morgan fingerprint density at radius 3 is 0.829 bits per heavy atom. The van der Waals surface area contributed by atoms with Crippen molar-refractivity contribution in [2.45, 2.75) is 0 Å². The Labute approximate surface area is 383 Å². The van der Waals surface area contributed by atoms with E-state index in [0.29, 0.717) is 0 Å². The molecule has 0 radical (unpaired) electrons. The number of rotatable bonds is 3. The van der Waals surface area contributed by atoms with Crippen LogP contribution in [0, 0.1) is 0 Å². The van der Waals surface area contributed by atoms with Gasteiger partial charge in [-0.1, -0.05) is 48.5 Å². The predicted octanol–water partition coefficient (Wildman–Crippen LogP) is 8.06. The quantitative estimate of drug-likeness (QED) is 0.0452. The second kappa shape index (κ2) is 13.5. The fourth-order valence-electron chi connectivity index (χ4n) is 9.51. The molecule has 0 bridgehead atoms. The SMILES string of the molecule is Oc1c(O)c(-c2c(O)c(O)c(O)c3c2oc2c(O)c(O)c(O)c(O)c23)c(O)c(O)c1-c1c2ccccc2c(-c2c(O)c(O)c(O)c3c2oc2c(O)c4c(O)c(O)c(O)c(O)c4c(O)c23)c2ccccc12. The van der Waals surface area contributed by atoms with Crippen molar-refractivity contribution in [2.24, 2.45) is 0 Å². The van der Waals surface area contributed by atoms with Gasteiger partial charge in [0.25, 0.3) is 0 Å². The lowest BCUT2D eigenvalue weighted by Crippen LogP contribution is -1.94. The van der Waals surface area contributed by atoms with Gasteiger partial charge in [0.05, 0.1) is 54.6 Å². The van der Waals surface area contributed by atoms with Crippen LogP contribution in [0.2, 0.25) is 0 Å². The van der Waals surface area contributed by atoms with Crippen molar-refractivity contribution in [2.75, 3.05) is 0 Å². The zero-order valence-corrected chi connectivity index (χ0v) is 34.4. The highest BCUT2D eigenvalue weighted by molar-refractivity contribution is 6.30. The Morgan fingerprint density at radius 1 is 0.186 bits per heavy atom. The molecule has 0 aliphatic carbocycles. The Balaban J connectivity index is 1.25. The average molecular weight is 957 g/mol. The molecule has 2 heterocycles. The van der Waals surface area contributed by atoms with Crippen molar-refractivity contribution >= 4 is 76.2 Å². The molecule has 0 atom stereocenters. The number of furan rings is 2. The molecule has 22 nitrogen and oxygen atoms in total. The fourth-order valence-corrected chi connectivity index (χ4v) is 9.51. The van der Waals surface area contributed by atoms with Crippen LogP contribution in [0.5, 0.6) is 115 Å². The normalized spacial score (nSPS) is 12.0. The standard InChI is InChI=1S/C48H28O22/c49-25-16-17(31(55)41(65)40(64)30(16)54)37(61)47-21(25)22-34(58)38(62)32(56)19(45(22)69-47)14-11-7-3-1-5-9(11)13(10-6-2-4-8-12(10)14)15-26(50)28(52)18(29(53)27(15)51)20-33(57)39(63)35(59)23-24-36(60)42(66)43(67)44(68)48(24)70-46(20)23/h1-8,49-68H. The molecule has 0 spiro atoms. The summed E-state index contributed by atoms with van der Waals surface area (Å²) in [5.41, 5.74) is -6.56. The minimum atomic E-state index is -1.40. The second-order valence-electron chi connectivity index (χ2n) is 16.1. The molecule has 22 heteroatoms. The number of fused-ring (bicyclic) bond motifs is 9. The molecule has 0 unspecified atom stereocenters. The maximum absolute atomic E-state index is 12.0. The molecular weight excluding hydrogens is 929 g/mol. The molecular formula is C48H28O22. The van der Waals surface area contributed by atoms with Gasteiger partial charge in [-0.05, 0) is 21.5 Å². The molecule has 20 N–H and O–H groups in total. The van der Waals surface area contributed by atoms with E-state index in [4.69, 9.17) is 8.83 Å². The highest BCUT2D eigenvalue weighted by Gasteiger charge is 2.38. The summed E-state index contributed by atoms with van der Waals surface area (Å²) < 4.78 is 11.6. The smallest absolute Gasteiger partial charge is 0.208 e. The van der Waals surface area contributed by atoms with Crippen LogP contribution >= 0.6 is 0 Å². The lowest BCUT2D eigenvalue weighted by molar-refractivity contribution is 0.348. The van der Waals surface area contributed by atoms with E-state index < -0.39 is 192 Å². The molecule has 0 fully saturated rings. The first kappa shape index (κ1) is 42.0. The predicted molar refractivity (Wildman–Crippen MR) is 243 cm³/mol. The third-order valence-electron chi connectivity index (χ3n) is 12.6. The summed E-state index contributed by atoms with van der Waals surface area (Å²) >= 11 is 0. The van der Waals surface area contributed by atoms with Crippen LogP contribution in [0.3, 0.4) is 0 Å². The Hall–Kier alpha value is -10.6. The van der Waals surface area contributed by atoms with Crippen molar-refractivity contribution in [1.82, 2.24) is 0 Å². The Morgan fingerprint density at radius 2 is 0.429 bits per heavy atom. The molecule has 352 valence electrons. The number of hydrogen-bond donors (Lipinski definition) is 20. The highest BCUT2D eigenvalue weighted by Crippen LogP contribution is 2.66. The lowest BCUT2D eigenvalue weighted by atomic mass is 9.83. The summed E-state index contributed by atoms with van der Waals surface area (Å²) in [7, 11) is 0. The molecule has 2 aromatic heterocycles. The summed E-state index contributed by atoms with van der Waals surface area (Å²) in [5.74, 6) is -24.9. The Kier molecular flexibility index (Phi) is 8.09. The van der Waals surface area contributed by atoms with Crippen molar-refractivity contribution in [1.29, 1.82) is 0 Å². The van der Waals surface area contributed by atoms with E-state index in [0.717, 1.165) is 0 Å². The van der Waals surface area contributed by atoms with Crippen LogP contribution in [0.25, 0.3) is 110 Å². The van der Waals surface area contributed by atoms with E-state index in [-0.39, 0.29) is 32.7 Å². The number of benzene rings is 9. The molecule has 0 aliphatic rings. The molecule has 0 aliphatic heterocycles. The van der Waals surface area contributed by atoms with Crippen molar-refractivity contribution < 1.29 is 111 Å². The fraction of sp³-hybridized carbons (Fsp3) is 0. The monoisotopic (exact) mass is 956 g/mol. The van der Waals surface area contributed by atoms with Crippen molar-refractivity contribution in [3.63, 3.8) is 0 Å². The van der Waals surface area contributed by atoms with Gasteiger partial charge >= 0.3 is 0 Å². The lowest BCUT2D eigenvalue weighted by Gasteiger charge is -2.22. The molecule has 9 aromatic carbocycles. The summed E-state index contributed by atoms with van der Waals surface area (Å²) in [6, 6.07) is 11.6. The summed E-state index contributed by atoms with van der Waals surface area (Å²) in [4.78, 5) is 0. The average Bonchev–Trinajstić information content (AvgIpc) is 3.95. The zero-order valence-electron chi connectivity index (χ0n) is 34.4. The Bertz CT molecular complexity index is 4210. The van der Waals surface area contributed by atoms with Crippen molar-refractivity contribution in [3.8, 4) is 148 Å². The number of phenols is 20. The maximum Gasteiger partial charge on any atom is 0.208 e. The number of hydrogen-bond acceptors (Lipinski definition) is 22. The number of phenolic OH excluding ortho intramolecular Hbond substituents is 20. The van der Waals surface area contributed by atoms with Crippen LogP contribution in [-0.2, 0) is 0 Å². The van der Waals surface area contributed by atoms with Crippen molar-refractivity contribution in [3.05, 3.63) is 48.5 Å². The van der Waals surface area contributed by atoms with E-state index >= 15 is 0 Å². The first-order valence-electron chi connectivity index (χ1n) is 19.9. The summed E-state index contributed by atoms with van der Waals surface area (Å²) in [6.45, 7) is 0. The largest absolute Gasteiger partial charge is 0.506 e. The van der Waals surface area contributed by atoms with Crippen LogP contribution in [-0.4, -0.2) is 102 Å². The molecule has 11 aromatic rings. The third-order valence-corrected chi connectivity index (χ3v) is 12.6. The van der Waals surface area contributed by atoms with Crippen LogP contribution in [0.4, 0.5) is 0 Å². The minimum Gasteiger partial charge on any atom is -0.506 e. The van der Waals surface area contributed by atoms with Crippen LogP contribution in [0.1, 0.15) is 0 Å². The van der Waals surface area contributed by atoms with Gasteiger partial charge in [0.15, 0.2) is 91.3 Å². The summed E-state index contributed by atoms with van der Waals surface area (Å²) in [5, 5.41) is 218. The van der Waals surface area contributed by atoms with Crippen LogP contribution < -0.4 is 0 Å². The zero-order chi connectivity index (χ0) is 50.2. The minimum absolute atomic E-state index is 0.0113. The molecule has 0 saturated carbocycles. The van der Waals surface area contributed by atoms with E-state index in [1.165, 1.54) is 48.5 Å². The van der Waals surface area contributed by atoms with Crippen LogP contribution in [0.15, 0.2) is 57.4 Å². The molecule has 0 amide bonds. The topological polar surface area (TPSA) is 431 Å². The van der Waals surface area contributed by atoms with E-state index in [1.54, 1.807) is 0 Å². The maximum atomic E-state index is 12.0. The second-order valence-corrected chi connectivity index (χ2v) is 16.1. The molecule has 11 rings (SSSR count). The van der Waals surface area contributed by atoms with E-state index in [9.17, 15) is 102 Å². The summed E-state index contributed by atoms with van der Waals surface area (Å²) in [6.07, 6.45) is 0. The van der Waals surface area contributed by atoms with Gasteiger partial charge in [-0.25, -0.2) is 0 Å². The van der Waals surface area contributed by atoms with Gasteiger partial charge in [0.2, 0.25) is 40.2 Å². The van der Waals surface area contributed by atoms with E-state index in [1.807, 2.05) is 0 Å². The van der Waals surface area contributed by atoms with Gasteiger partial charge in [-0.2, -0.15) is 0 Å². The first-order valence-corrected chi connectivity index (χ1v) is 19.9. The van der Waals surface area contributed by atoms with Gasteiger partial charge in [-0.15, -0.1) is 0 Å². The van der Waals surface area contributed by atoms with Gasteiger partial charge in [-0.3, -0.25) is 0 Å². The molecule has 0 saturated heterocycles. The number of aromatic hydroxyl groups is 20. The molecule has 70 heavy (non-hydrogen) atoms. The third kappa shape index (κ3) is 4.77. The van der Waals surface area contributed by atoms with Gasteiger partial charge in [0.1, 0.15) is 5.75 Å². The first-order chi connectivity index (χ1) is 33.1.